The second kappa shape index (κ2) is 6.06. The Kier molecular flexibility index (Phi) is 4.60. The fourth-order valence-corrected chi connectivity index (χ4v) is 2.92. The Labute approximate surface area is 128 Å². The van der Waals surface area contributed by atoms with E-state index < -0.39 is 0 Å². The summed E-state index contributed by atoms with van der Waals surface area (Å²) < 4.78 is 3.07. The Morgan fingerprint density at radius 1 is 1.25 bits per heavy atom. The molecule has 108 valence electrons. The van der Waals surface area contributed by atoms with Gasteiger partial charge in [-0.1, -0.05) is 6.07 Å². The van der Waals surface area contributed by atoms with Crippen LogP contribution < -0.4 is 5.73 Å². The van der Waals surface area contributed by atoms with Crippen molar-refractivity contribution in [1.29, 1.82) is 0 Å². The zero-order valence-corrected chi connectivity index (χ0v) is 14.0. The molecule has 0 radical (unpaired) electrons. The topological polar surface area (TPSA) is 56.7 Å². The number of hydrogen-bond donors (Lipinski definition) is 1. The maximum atomic E-state index is 6.38. The van der Waals surface area contributed by atoms with Crippen LogP contribution in [0.1, 0.15) is 41.3 Å². The Balaban J connectivity index is 2.30. The van der Waals surface area contributed by atoms with Gasteiger partial charge in [0, 0.05) is 30.4 Å². The van der Waals surface area contributed by atoms with Crippen LogP contribution in [0.15, 0.2) is 16.6 Å². The van der Waals surface area contributed by atoms with Crippen LogP contribution in [0.25, 0.3) is 0 Å². The molecule has 0 amide bonds. The molecule has 1 unspecified atom stereocenters. The smallest absolute Gasteiger partial charge is 0.0738 e. The van der Waals surface area contributed by atoms with Crippen LogP contribution in [0, 0.1) is 20.8 Å². The molecule has 0 spiro atoms. The highest BCUT2D eigenvalue weighted by molar-refractivity contribution is 9.10. The van der Waals surface area contributed by atoms with Crippen LogP contribution >= 0.6 is 15.9 Å². The van der Waals surface area contributed by atoms with E-state index in [9.17, 15) is 0 Å². The van der Waals surface area contributed by atoms with Gasteiger partial charge in [-0.3, -0.25) is 9.67 Å². The number of rotatable bonds is 4. The maximum absolute atomic E-state index is 6.38. The second-order valence-corrected chi connectivity index (χ2v) is 5.89. The number of nitrogens with zero attached hydrogens (tertiary/aromatic N) is 3. The van der Waals surface area contributed by atoms with E-state index in [0.717, 1.165) is 45.8 Å². The molecule has 2 heterocycles. The zero-order valence-electron chi connectivity index (χ0n) is 12.4. The molecule has 2 N–H and O–H groups in total. The molecule has 2 rings (SSSR count). The molecule has 0 aliphatic carbocycles. The standard InChI is InChI=1S/C15H21BrN4/c1-5-20-14(15(16)11(4)19-20)8-13(17)12-7-6-9(2)18-10(12)3/h6-7,13H,5,8,17H2,1-4H3. The number of halogens is 1. The van der Waals surface area contributed by atoms with Gasteiger partial charge >= 0.3 is 0 Å². The minimum Gasteiger partial charge on any atom is -0.324 e. The predicted octanol–water partition coefficient (Wildman–Crippen LogP) is 3.23. The average molecular weight is 337 g/mol. The van der Waals surface area contributed by atoms with Crippen molar-refractivity contribution in [2.24, 2.45) is 5.73 Å². The summed E-state index contributed by atoms with van der Waals surface area (Å²) in [6.45, 7) is 8.95. The molecule has 0 bridgehead atoms. The van der Waals surface area contributed by atoms with Gasteiger partial charge in [-0.2, -0.15) is 5.10 Å². The molecule has 0 aliphatic heterocycles. The van der Waals surface area contributed by atoms with Crippen molar-refractivity contribution in [3.8, 4) is 0 Å². The van der Waals surface area contributed by atoms with Gasteiger partial charge in [-0.05, 0) is 55.3 Å². The highest BCUT2D eigenvalue weighted by Crippen LogP contribution is 2.26. The van der Waals surface area contributed by atoms with Crippen molar-refractivity contribution in [3.05, 3.63) is 44.9 Å². The number of aromatic nitrogens is 3. The quantitative estimate of drug-likeness (QED) is 0.932. The molecule has 0 fully saturated rings. The van der Waals surface area contributed by atoms with E-state index in [4.69, 9.17) is 5.73 Å². The summed E-state index contributed by atoms with van der Waals surface area (Å²) in [4.78, 5) is 4.49. The van der Waals surface area contributed by atoms with Gasteiger partial charge in [-0.15, -0.1) is 0 Å². The van der Waals surface area contributed by atoms with Gasteiger partial charge in [0.05, 0.1) is 15.9 Å². The van der Waals surface area contributed by atoms with Crippen molar-refractivity contribution in [2.45, 2.75) is 46.7 Å². The third-order valence-corrected chi connectivity index (χ3v) is 4.56. The average Bonchev–Trinajstić information content (AvgIpc) is 2.66. The van der Waals surface area contributed by atoms with Gasteiger partial charge in [0.1, 0.15) is 0 Å². The lowest BCUT2D eigenvalue weighted by molar-refractivity contribution is 0.584. The van der Waals surface area contributed by atoms with Gasteiger partial charge < -0.3 is 5.73 Å². The minimum absolute atomic E-state index is 0.0687. The number of nitrogens with two attached hydrogens (primary N) is 1. The second-order valence-electron chi connectivity index (χ2n) is 5.10. The minimum atomic E-state index is -0.0687. The van der Waals surface area contributed by atoms with Crippen molar-refractivity contribution < 1.29 is 0 Å². The predicted molar refractivity (Wildman–Crippen MR) is 84.7 cm³/mol. The van der Waals surface area contributed by atoms with Gasteiger partial charge in [0.25, 0.3) is 0 Å². The first-order chi connectivity index (χ1) is 9.43. The molecule has 1 atom stereocenters. The number of pyridine rings is 1. The maximum Gasteiger partial charge on any atom is 0.0738 e. The van der Waals surface area contributed by atoms with Gasteiger partial charge in [0.15, 0.2) is 0 Å². The number of hydrogen-bond acceptors (Lipinski definition) is 3. The molecule has 5 heteroatoms. The summed E-state index contributed by atoms with van der Waals surface area (Å²) in [5.41, 5.74) is 11.7. The third-order valence-electron chi connectivity index (χ3n) is 3.53. The Morgan fingerprint density at radius 2 is 1.95 bits per heavy atom. The molecule has 20 heavy (non-hydrogen) atoms. The van der Waals surface area contributed by atoms with E-state index in [-0.39, 0.29) is 6.04 Å². The van der Waals surface area contributed by atoms with E-state index in [2.05, 4.69) is 39.0 Å². The van der Waals surface area contributed by atoms with Crippen molar-refractivity contribution in [1.82, 2.24) is 14.8 Å². The Hall–Kier alpha value is -1.20. The summed E-state index contributed by atoms with van der Waals surface area (Å²) in [5.74, 6) is 0. The Bertz CT molecular complexity index is 619. The van der Waals surface area contributed by atoms with E-state index >= 15 is 0 Å². The first-order valence-electron chi connectivity index (χ1n) is 6.85. The largest absolute Gasteiger partial charge is 0.324 e. The van der Waals surface area contributed by atoms with Crippen molar-refractivity contribution in [2.75, 3.05) is 0 Å². The lowest BCUT2D eigenvalue weighted by Gasteiger charge is -2.15. The van der Waals surface area contributed by atoms with Crippen molar-refractivity contribution in [3.63, 3.8) is 0 Å². The third kappa shape index (κ3) is 2.94. The van der Waals surface area contributed by atoms with Crippen LogP contribution in [0.5, 0.6) is 0 Å². The van der Waals surface area contributed by atoms with E-state index in [1.165, 1.54) is 0 Å². The van der Waals surface area contributed by atoms with Crippen LogP contribution in [0.2, 0.25) is 0 Å². The molecular weight excluding hydrogens is 316 g/mol. The fraction of sp³-hybridized carbons (Fsp3) is 0.467. The van der Waals surface area contributed by atoms with E-state index in [0.29, 0.717) is 0 Å². The highest BCUT2D eigenvalue weighted by atomic mass is 79.9. The summed E-state index contributed by atoms with van der Waals surface area (Å²) in [5, 5.41) is 4.51. The van der Waals surface area contributed by atoms with E-state index in [1.807, 2.05) is 31.5 Å². The van der Waals surface area contributed by atoms with Gasteiger partial charge in [0.2, 0.25) is 0 Å². The molecule has 0 aromatic carbocycles. The molecule has 0 aliphatic rings. The molecule has 0 saturated heterocycles. The first-order valence-corrected chi connectivity index (χ1v) is 7.64. The summed E-state index contributed by atoms with van der Waals surface area (Å²) in [6, 6.07) is 4.02. The van der Waals surface area contributed by atoms with E-state index in [1.54, 1.807) is 0 Å². The molecule has 2 aromatic rings. The van der Waals surface area contributed by atoms with Crippen LogP contribution in [-0.4, -0.2) is 14.8 Å². The lowest BCUT2D eigenvalue weighted by Crippen LogP contribution is -2.18. The van der Waals surface area contributed by atoms with Crippen molar-refractivity contribution >= 4 is 15.9 Å². The summed E-state index contributed by atoms with van der Waals surface area (Å²) in [6.07, 6.45) is 0.751. The lowest BCUT2D eigenvalue weighted by atomic mass is 10.0. The number of aryl methyl sites for hydroxylation is 4. The molecular formula is C15H21BrN4. The summed E-state index contributed by atoms with van der Waals surface area (Å²) >= 11 is 3.62. The van der Waals surface area contributed by atoms with Crippen LogP contribution in [-0.2, 0) is 13.0 Å². The first kappa shape index (κ1) is 15.2. The fourth-order valence-electron chi connectivity index (χ4n) is 2.47. The highest BCUT2D eigenvalue weighted by Gasteiger charge is 2.18. The Morgan fingerprint density at radius 3 is 2.55 bits per heavy atom. The van der Waals surface area contributed by atoms with Crippen LogP contribution in [0.4, 0.5) is 0 Å². The van der Waals surface area contributed by atoms with Gasteiger partial charge in [-0.25, -0.2) is 0 Å². The monoisotopic (exact) mass is 336 g/mol. The van der Waals surface area contributed by atoms with Crippen LogP contribution in [0.3, 0.4) is 0 Å². The molecule has 0 saturated carbocycles. The SMILES string of the molecule is CCn1nc(C)c(Br)c1CC(N)c1ccc(C)nc1C. The molecule has 4 nitrogen and oxygen atoms in total. The zero-order chi connectivity index (χ0) is 14.9. The normalized spacial score (nSPS) is 12.7. The molecule has 2 aromatic heterocycles. The summed E-state index contributed by atoms with van der Waals surface area (Å²) in [7, 11) is 0.